The lowest BCUT2D eigenvalue weighted by molar-refractivity contribution is -0.137. The van der Waals surface area contributed by atoms with Gasteiger partial charge < -0.3 is 11.1 Å². The molecule has 0 aliphatic carbocycles. The zero-order valence-electron chi connectivity index (χ0n) is 10.1. The Kier molecular flexibility index (Phi) is 10.4. The van der Waals surface area contributed by atoms with Crippen molar-refractivity contribution in [2.45, 2.75) is 33.9 Å². The van der Waals surface area contributed by atoms with Gasteiger partial charge in [-0.2, -0.15) is 13.2 Å². The van der Waals surface area contributed by atoms with Gasteiger partial charge in [-0.3, -0.25) is 0 Å². The number of halogens is 3. The molecule has 0 fully saturated rings. The molecule has 1 aromatic rings. The number of benzene rings is 1. The predicted octanol–water partition coefficient (Wildman–Crippen LogP) is 4.13. The topological polar surface area (TPSA) is 38.0 Å². The monoisotopic (exact) mass is 264 g/mol. The second kappa shape index (κ2) is 9.76. The van der Waals surface area contributed by atoms with Gasteiger partial charge in [0.15, 0.2) is 0 Å². The minimum Gasteiger partial charge on any atom is -0.385 e. The summed E-state index contributed by atoms with van der Waals surface area (Å²) in [5, 5.41) is 2.98. The van der Waals surface area contributed by atoms with Gasteiger partial charge in [0.25, 0.3) is 0 Å². The third kappa shape index (κ3) is 7.17. The Morgan fingerprint density at radius 3 is 2.00 bits per heavy atom. The van der Waals surface area contributed by atoms with Crippen molar-refractivity contribution in [1.82, 2.24) is 0 Å². The van der Waals surface area contributed by atoms with Crippen LogP contribution in [0.15, 0.2) is 24.3 Å². The van der Waals surface area contributed by atoms with E-state index in [1.54, 1.807) is 0 Å². The summed E-state index contributed by atoms with van der Waals surface area (Å²) in [5.74, 6) is 0. The zero-order chi connectivity index (χ0) is 13.3. The van der Waals surface area contributed by atoms with Crippen LogP contribution in [0.5, 0.6) is 0 Å². The smallest absolute Gasteiger partial charge is 0.385 e. The van der Waals surface area contributed by atoms with Crippen LogP contribution in [0, 0.1) is 0 Å². The fraction of sp³-hybridized carbons (Fsp3) is 0.538. The first-order valence-corrected chi connectivity index (χ1v) is 5.65. The van der Waals surface area contributed by atoms with E-state index in [4.69, 9.17) is 5.73 Å². The van der Waals surface area contributed by atoms with Gasteiger partial charge in [-0.15, -0.1) is 0 Å². The van der Waals surface area contributed by atoms with Gasteiger partial charge in [0, 0.05) is 12.2 Å². The first-order chi connectivity index (χ1) is 8.04. The van der Waals surface area contributed by atoms with Gasteiger partial charge >= 0.3 is 6.18 Å². The summed E-state index contributed by atoms with van der Waals surface area (Å²) >= 11 is 0. The molecule has 18 heavy (non-hydrogen) atoms. The summed E-state index contributed by atoms with van der Waals surface area (Å²) < 4.78 is 36.6. The molecule has 0 spiro atoms. The Balaban J connectivity index is 0. The van der Waals surface area contributed by atoms with Crippen LogP contribution < -0.4 is 11.1 Å². The maximum atomic E-state index is 12.2. The van der Waals surface area contributed by atoms with Crippen LogP contribution >= 0.6 is 0 Å². The quantitative estimate of drug-likeness (QED) is 0.802. The summed E-state index contributed by atoms with van der Waals surface area (Å²) in [5.41, 5.74) is 5.33. The minimum absolute atomic E-state index is 0. The van der Waals surface area contributed by atoms with E-state index in [1.807, 2.05) is 13.8 Å². The van der Waals surface area contributed by atoms with E-state index in [-0.39, 0.29) is 7.43 Å². The fourth-order valence-electron chi connectivity index (χ4n) is 1.11. The minimum atomic E-state index is -4.27. The zero-order valence-corrected chi connectivity index (χ0v) is 10.1. The standard InChI is InChI=1S/C10H13F3N2.C2H6.CH4/c11-10(12,13)8-2-4-9(5-3-8)15-7-1-6-14;1-2;/h2-5,15H,1,6-7,14H2;1-2H3;1H4. The molecule has 1 aromatic carbocycles. The number of alkyl halides is 3. The summed E-state index contributed by atoms with van der Waals surface area (Å²) in [6, 6.07) is 4.95. The average Bonchev–Trinajstić information content (AvgIpc) is 2.32. The third-order valence-corrected chi connectivity index (χ3v) is 1.92. The number of nitrogens with two attached hydrogens (primary N) is 1. The van der Waals surface area contributed by atoms with Gasteiger partial charge in [0.1, 0.15) is 0 Å². The third-order valence-electron chi connectivity index (χ3n) is 1.92. The highest BCUT2D eigenvalue weighted by atomic mass is 19.4. The molecule has 0 bridgehead atoms. The molecule has 0 radical (unpaired) electrons. The second-order valence-corrected chi connectivity index (χ2v) is 3.14. The normalized spacial score (nSPS) is 9.89. The Morgan fingerprint density at radius 2 is 1.61 bits per heavy atom. The van der Waals surface area contributed by atoms with Gasteiger partial charge in [0.05, 0.1) is 5.56 Å². The lowest BCUT2D eigenvalue weighted by Crippen LogP contribution is -2.09. The molecule has 2 nitrogen and oxygen atoms in total. The number of hydrogen-bond donors (Lipinski definition) is 2. The fourth-order valence-corrected chi connectivity index (χ4v) is 1.11. The Bertz CT molecular complexity index is 294. The number of anilines is 1. The summed E-state index contributed by atoms with van der Waals surface area (Å²) in [7, 11) is 0. The predicted molar refractivity (Wildman–Crippen MR) is 71.7 cm³/mol. The molecule has 0 unspecified atom stereocenters. The molecule has 0 atom stereocenters. The summed E-state index contributed by atoms with van der Waals surface area (Å²) in [6.07, 6.45) is -3.48. The van der Waals surface area contributed by atoms with Crippen LogP contribution in [0.3, 0.4) is 0 Å². The maximum absolute atomic E-state index is 12.2. The Morgan fingerprint density at radius 1 is 1.11 bits per heavy atom. The Hall–Kier alpha value is -1.23. The highest BCUT2D eigenvalue weighted by molar-refractivity contribution is 5.44. The van der Waals surface area contributed by atoms with Crippen molar-refractivity contribution in [3.8, 4) is 0 Å². The van der Waals surface area contributed by atoms with Crippen LogP contribution in [-0.4, -0.2) is 13.1 Å². The van der Waals surface area contributed by atoms with E-state index < -0.39 is 11.7 Å². The molecule has 0 saturated carbocycles. The lowest BCUT2D eigenvalue weighted by atomic mass is 10.2. The second-order valence-electron chi connectivity index (χ2n) is 3.14. The molecule has 5 heteroatoms. The molecular weight excluding hydrogens is 241 g/mol. The summed E-state index contributed by atoms with van der Waals surface area (Å²) in [6.45, 7) is 5.23. The largest absolute Gasteiger partial charge is 0.416 e. The number of nitrogens with one attached hydrogen (secondary N) is 1. The average molecular weight is 264 g/mol. The van der Waals surface area contributed by atoms with Crippen LogP contribution in [0.25, 0.3) is 0 Å². The van der Waals surface area contributed by atoms with Crippen molar-refractivity contribution >= 4 is 5.69 Å². The first-order valence-electron chi connectivity index (χ1n) is 5.65. The van der Waals surface area contributed by atoms with E-state index in [9.17, 15) is 13.2 Å². The maximum Gasteiger partial charge on any atom is 0.416 e. The van der Waals surface area contributed by atoms with Crippen molar-refractivity contribution in [3.05, 3.63) is 29.8 Å². The van der Waals surface area contributed by atoms with Crippen LogP contribution in [0.2, 0.25) is 0 Å². The molecule has 3 N–H and O–H groups in total. The lowest BCUT2D eigenvalue weighted by Gasteiger charge is -2.08. The van der Waals surface area contributed by atoms with E-state index in [1.165, 1.54) is 12.1 Å². The van der Waals surface area contributed by atoms with Crippen molar-refractivity contribution in [3.63, 3.8) is 0 Å². The first kappa shape index (κ1) is 19.1. The molecule has 0 aliphatic heterocycles. The summed E-state index contributed by atoms with van der Waals surface area (Å²) in [4.78, 5) is 0. The molecule has 1 rings (SSSR count). The van der Waals surface area contributed by atoms with Crippen molar-refractivity contribution in [2.24, 2.45) is 5.73 Å². The molecule has 0 aromatic heterocycles. The van der Waals surface area contributed by atoms with E-state index >= 15 is 0 Å². The van der Waals surface area contributed by atoms with Crippen molar-refractivity contribution < 1.29 is 13.2 Å². The Labute approximate surface area is 107 Å². The van der Waals surface area contributed by atoms with Crippen molar-refractivity contribution in [1.29, 1.82) is 0 Å². The molecule has 0 saturated heterocycles. The van der Waals surface area contributed by atoms with E-state index in [0.29, 0.717) is 18.8 Å². The van der Waals surface area contributed by atoms with Crippen LogP contribution in [-0.2, 0) is 6.18 Å². The molecular formula is C13H23F3N2. The number of hydrogen-bond acceptors (Lipinski definition) is 2. The van der Waals surface area contributed by atoms with Crippen molar-refractivity contribution in [2.75, 3.05) is 18.4 Å². The van der Waals surface area contributed by atoms with Crippen LogP contribution in [0.4, 0.5) is 18.9 Å². The highest BCUT2D eigenvalue weighted by Crippen LogP contribution is 2.29. The van der Waals surface area contributed by atoms with E-state index in [0.717, 1.165) is 18.6 Å². The van der Waals surface area contributed by atoms with Gasteiger partial charge in [-0.25, -0.2) is 0 Å². The molecule has 0 aliphatic rings. The van der Waals surface area contributed by atoms with Gasteiger partial charge in [0.2, 0.25) is 0 Å². The van der Waals surface area contributed by atoms with E-state index in [2.05, 4.69) is 5.32 Å². The van der Waals surface area contributed by atoms with Crippen LogP contribution in [0.1, 0.15) is 33.3 Å². The van der Waals surface area contributed by atoms with Gasteiger partial charge in [-0.05, 0) is 37.2 Å². The number of rotatable bonds is 4. The highest BCUT2D eigenvalue weighted by Gasteiger charge is 2.29. The molecule has 0 amide bonds. The molecule has 106 valence electrons. The van der Waals surface area contributed by atoms with Gasteiger partial charge in [-0.1, -0.05) is 21.3 Å². The molecule has 0 heterocycles. The SMILES string of the molecule is C.CC.NCCCNc1ccc(C(F)(F)F)cc1.